The number of H-pyrrole nitrogens is 1. The number of hydrogen-bond donors (Lipinski definition) is 3. The van der Waals surface area contributed by atoms with Crippen LogP contribution in [0, 0.1) is 5.92 Å². The summed E-state index contributed by atoms with van der Waals surface area (Å²) in [5.74, 6) is -2.26. The van der Waals surface area contributed by atoms with Crippen LogP contribution in [0.5, 0.6) is 0 Å². The van der Waals surface area contributed by atoms with E-state index in [1.165, 1.54) is 12.1 Å². The second kappa shape index (κ2) is 10.6. The van der Waals surface area contributed by atoms with Crippen molar-refractivity contribution in [3.05, 3.63) is 100 Å². The summed E-state index contributed by atoms with van der Waals surface area (Å²) in [6.45, 7) is 3.73. The van der Waals surface area contributed by atoms with Crippen LogP contribution in [0.15, 0.2) is 72.8 Å². The van der Waals surface area contributed by atoms with Gasteiger partial charge in [-0.05, 0) is 53.8 Å². The molecule has 1 fully saturated rings. The molecule has 0 spiro atoms. The third-order valence-electron chi connectivity index (χ3n) is 7.91. The number of urea groups is 1. The van der Waals surface area contributed by atoms with Gasteiger partial charge in [0.1, 0.15) is 18.1 Å². The van der Waals surface area contributed by atoms with E-state index < -0.39 is 41.9 Å². The van der Waals surface area contributed by atoms with Crippen LogP contribution in [0.2, 0.25) is 5.02 Å². The van der Waals surface area contributed by atoms with E-state index in [0.717, 1.165) is 32.6 Å². The summed E-state index contributed by atoms with van der Waals surface area (Å²) < 4.78 is 0. The lowest BCUT2D eigenvalue weighted by Gasteiger charge is -2.36. The fourth-order valence-corrected chi connectivity index (χ4v) is 6.31. The Morgan fingerprint density at radius 1 is 1.05 bits per heavy atom. The molecule has 42 heavy (non-hydrogen) atoms. The Kier molecular flexibility index (Phi) is 6.98. The molecular weight excluding hydrogens is 556 g/mol. The van der Waals surface area contributed by atoms with Gasteiger partial charge in [0.2, 0.25) is 0 Å². The van der Waals surface area contributed by atoms with E-state index in [9.17, 15) is 24.3 Å². The number of carboxylic acid groups (broad SMARTS) is 1. The van der Waals surface area contributed by atoms with Crippen molar-refractivity contribution >= 4 is 52.0 Å². The highest BCUT2D eigenvalue weighted by atomic mass is 35.5. The van der Waals surface area contributed by atoms with Gasteiger partial charge in [0.25, 0.3) is 11.8 Å². The number of nitrogens with zero attached hydrogens (tertiary/aromatic N) is 2. The number of hydrogen-bond acceptors (Lipinski definition) is 4. The monoisotopic (exact) mass is 584 g/mol. The smallest absolute Gasteiger partial charge is 0.332 e. The molecule has 0 bridgehead atoms. The summed E-state index contributed by atoms with van der Waals surface area (Å²) in [7, 11) is 0. The van der Waals surface area contributed by atoms with Gasteiger partial charge in [-0.1, -0.05) is 67.9 Å². The standard InChI is InChI=1S/C32H29ClN4O5/c1-17(2)14-24(31(40)41)35-29(38)21-11-4-6-13-25(21)37-30(39)26-16-22-20-10-3-5-12-23(20)34-27(22)28(36(26)32(37)42)18-8-7-9-19(33)15-18/h3-13,15,17,24,26,28,34H,14,16H2,1-2H3,(H,35,38)(H,40,41)/t24-,26+,28-/m1/s1. The number of carbonyl (C=O) groups excluding carboxylic acids is 3. The number of para-hydroxylation sites is 2. The normalized spacial score (nSPS) is 18.8. The molecule has 4 aromatic rings. The first-order chi connectivity index (χ1) is 20.2. The van der Waals surface area contributed by atoms with Crippen LogP contribution < -0.4 is 10.2 Å². The molecule has 2 aliphatic rings. The molecule has 2 aliphatic heterocycles. The van der Waals surface area contributed by atoms with Crippen LogP contribution in [-0.2, 0) is 16.0 Å². The largest absolute Gasteiger partial charge is 0.480 e. The number of rotatable bonds is 7. The highest BCUT2D eigenvalue weighted by molar-refractivity contribution is 6.30. The van der Waals surface area contributed by atoms with Crippen LogP contribution in [0.4, 0.5) is 10.5 Å². The first kappa shape index (κ1) is 27.5. The number of imide groups is 1. The molecule has 6 rings (SSSR count). The Bertz CT molecular complexity index is 1750. The van der Waals surface area contributed by atoms with Gasteiger partial charge in [0.05, 0.1) is 11.3 Å². The van der Waals surface area contributed by atoms with Gasteiger partial charge < -0.3 is 15.4 Å². The third kappa shape index (κ3) is 4.59. The molecule has 0 radical (unpaired) electrons. The van der Waals surface area contributed by atoms with E-state index in [1.807, 2.05) is 44.2 Å². The van der Waals surface area contributed by atoms with E-state index in [4.69, 9.17) is 11.6 Å². The van der Waals surface area contributed by atoms with Crippen molar-refractivity contribution in [1.82, 2.24) is 15.2 Å². The van der Waals surface area contributed by atoms with Crippen molar-refractivity contribution in [2.45, 2.75) is 44.8 Å². The molecule has 10 heteroatoms. The van der Waals surface area contributed by atoms with E-state index >= 15 is 0 Å². The molecule has 9 nitrogen and oxygen atoms in total. The Hall–Kier alpha value is -4.63. The van der Waals surface area contributed by atoms with Crippen LogP contribution in [-0.4, -0.2) is 50.9 Å². The Labute approximate surface area is 247 Å². The van der Waals surface area contributed by atoms with E-state index in [-0.39, 0.29) is 23.6 Å². The zero-order chi connectivity index (χ0) is 29.7. The highest BCUT2D eigenvalue weighted by Crippen LogP contribution is 2.45. The number of carbonyl (C=O) groups is 4. The van der Waals surface area contributed by atoms with Crippen molar-refractivity contribution < 1.29 is 24.3 Å². The summed E-state index contributed by atoms with van der Waals surface area (Å²) >= 11 is 6.38. The van der Waals surface area contributed by atoms with Crippen molar-refractivity contribution in [2.75, 3.05) is 4.90 Å². The number of aromatic amines is 1. The van der Waals surface area contributed by atoms with Gasteiger partial charge in [-0.3, -0.25) is 14.5 Å². The van der Waals surface area contributed by atoms with Crippen molar-refractivity contribution in [3.8, 4) is 0 Å². The number of aliphatic carboxylic acids is 1. The fourth-order valence-electron chi connectivity index (χ4n) is 6.11. The predicted octanol–water partition coefficient (Wildman–Crippen LogP) is 5.53. The van der Waals surface area contributed by atoms with Crippen molar-refractivity contribution in [2.24, 2.45) is 5.92 Å². The van der Waals surface area contributed by atoms with Crippen LogP contribution in [0.1, 0.15) is 53.5 Å². The Morgan fingerprint density at radius 3 is 2.52 bits per heavy atom. The zero-order valence-electron chi connectivity index (χ0n) is 23.0. The summed E-state index contributed by atoms with van der Waals surface area (Å²) in [4.78, 5) is 59.7. The second-order valence-electron chi connectivity index (χ2n) is 11.1. The van der Waals surface area contributed by atoms with Crippen LogP contribution in [0.3, 0.4) is 0 Å². The zero-order valence-corrected chi connectivity index (χ0v) is 23.8. The minimum atomic E-state index is -1.15. The highest BCUT2D eigenvalue weighted by Gasteiger charge is 2.53. The first-order valence-electron chi connectivity index (χ1n) is 13.8. The molecule has 214 valence electrons. The number of fused-ring (bicyclic) bond motifs is 4. The lowest BCUT2D eigenvalue weighted by atomic mass is 9.89. The molecule has 0 unspecified atom stereocenters. The number of aromatic nitrogens is 1. The van der Waals surface area contributed by atoms with Crippen molar-refractivity contribution in [3.63, 3.8) is 0 Å². The molecular formula is C32H29ClN4O5. The lowest BCUT2D eigenvalue weighted by Crippen LogP contribution is -2.44. The summed E-state index contributed by atoms with van der Waals surface area (Å²) in [6, 6.07) is 18.1. The summed E-state index contributed by atoms with van der Waals surface area (Å²) in [5.41, 5.74) is 3.55. The average Bonchev–Trinajstić information content (AvgIpc) is 3.45. The molecule has 0 saturated carbocycles. The number of halogens is 1. The topological polar surface area (TPSA) is 123 Å². The van der Waals surface area contributed by atoms with E-state index in [2.05, 4.69) is 10.3 Å². The average molecular weight is 585 g/mol. The minimum Gasteiger partial charge on any atom is -0.480 e. The maximum absolute atomic E-state index is 14.3. The maximum Gasteiger partial charge on any atom is 0.332 e. The number of benzene rings is 3. The molecule has 0 aliphatic carbocycles. The van der Waals surface area contributed by atoms with Crippen LogP contribution >= 0.6 is 11.6 Å². The minimum absolute atomic E-state index is 0.0240. The van der Waals surface area contributed by atoms with E-state index in [0.29, 0.717) is 11.4 Å². The van der Waals surface area contributed by atoms with Gasteiger partial charge in [-0.25, -0.2) is 14.5 Å². The quantitative estimate of drug-likeness (QED) is 0.246. The van der Waals surface area contributed by atoms with Gasteiger partial charge >= 0.3 is 12.0 Å². The maximum atomic E-state index is 14.3. The molecule has 3 N–H and O–H groups in total. The lowest BCUT2D eigenvalue weighted by molar-refractivity contribution is -0.139. The fraction of sp³-hybridized carbons (Fsp3) is 0.250. The van der Waals surface area contributed by atoms with Gasteiger partial charge in [0, 0.05) is 28.0 Å². The molecule has 3 aromatic carbocycles. The molecule has 4 amide bonds. The Morgan fingerprint density at radius 2 is 1.79 bits per heavy atom. The van der Waals surface area contributed by atoms with Crippen molar-refractivity contribution in [1.29, 1.82) is 0 Å². The SMILES string of the molecule is CC(C)C[C@@H](NC(=O)c1ccccc1N1C(=O)[C@@H]2Cc3c([nH]c4ccccc34)[C@@H](c3cccc(Cl)c3)N2C1=O)C(=O)O. The number of anilines is 1. The molecule has 3 atom stereocenters. The summed E-state index contributed by atoms with van der Waals surface area (Å²) in [6.07, 6.45) is 0.523. The van der Waals surface area contributed by atoms with Gasteiger partial charge in [-0.2, -0.15) is 0 Å². The van der Waals surface area contributed by atoms with E-state index in [1.54, 1.807) is 35.2 Å². The second-order valence-corrected chi connectivity index (χ2v) is 11.6. The molecule has 3 heterocycles. The predicted molar refractivity (Wildman–Crippen MR) is 159 cm³/mol. The molecule has 1 saturated heterocycles. The molecule has 1 aromatic heterocycles. The number of carboxylic acids is 1. The summed E-state index contributed by atoms with van der Waals surface area (Å²) in [5, 5.41) is 13.7. The van der Waals surface area contributed by atoms with Gasteiger partial charge in [0.15, 0.2) is 0 Å². The van der Waals surface area contributed by atoms with Crippen LogP contribution in [0.25, 0.3) is 10.9 Å². The van der Waals surface area contributed by atoms with Gasteiger partial charge in [-0.15, -0.1) is 0 Å². The first-order valence-corrected chi connectivity index (χ1v) is 14.2. The Balaban J connectivity index is 1.43. The third-order valence-corrected chi connectivity index (χ3v) is 8.15. The number of amides is 4. The number of nitrogens with one attached hydrogen (secondary N) is 2.